The molecular weight excluding hydrogens is 599 g/mol. The highest BCUT2D eigenvalue weighted by Crippen LogP contribution is 2.42. The molecule has 3 unspecified atom stereocenters. The van der Waals surface area contributed by atoms with Crippen LogP contribution in [0.15, 0.2) is 36.4 Å². The summed E-state index contributed by atoms with van der Waals surface area (Å²) in [6.07, 6.45) is 6.44. The minimum atomic E-state index is -0.945. The summed E-state index contributed by atoms with van der Waals surface area (Å²) < 4.78 is 57.6. The van der Waals surface area contributed by atoms with Crippen LogP contribution in [0.25, 0.3) is 32.8 Å². The maximum Gasteiger partial charge on any atom is 0.410 e. The van der Waals surface area contributed by atoms with Gasteiger partial charge in [-0.3, -0.25) is 9.80 Å². The zero-order valence-electron chi connectivity index (χ0n) is 24.8. The number of fused-ring (bicyclic) bond motifs is 4. The minimum absolute atomic E-state index is 0.0376. The van der Waals surface area contributed by atoms with Gasteiger partial charge in [-0.25, -0.2) is 18.0 Å². The van der Waals surface area contributed by atoms with Gasteiger partial charge in [0, 0.05) is 48.9 Å². The van der Waals surface area contributed by atoms with Crippen molar-refractivity contribution in [2.24, 2.45) is 0 Å². The third-order valence-electron chi connectivity index (χ3n) is 9.90. The molecule has 0 radical (unpaired) electrons. The Kier molecular flexibility index (Phi) is 6.65. The second-order valence-corrected chi connectivity index (χ2v) is 12.5. The van der Waals surface area contributed by atoms with Crippen LogP contribution >= 0.6 is 0 Å². The monoisotopic (exact) mass is 629 g/mol. The summed E-state index contributed by atoms with van der Waals surface area (Å²) in [6.45, 7) is 2.76. The van der Waals surface area contributed by atoms with Gasteiger partial charge in [-0.1, -0.05) is 18.1 Å². The molecule has 4 aliphatic heterocycles. The summed E-state index contributed by atoms with van der Waals surface area (Å²) in [7, 11) is 0. The van der Waals surface area contributed by atoms with E-state index in [9.17, 15) is 18.7 Å². The summed E-state index contributed by atoms with van der Waals surface area (Å²) in [5, 5.41) is 11.7. The maximum absolute atomic E-state index is 16.8. The number of hydrogen-bond donors (Lipinski definition) is 1. The summed E-state index contributed by atoms with van der Waals surface area (Å²) in [4.78, 5) is 27.2. The number of carbonyl (C=O) groups is 1. The van der Waals surface area contributed by atoms with Gasteiger partial charge < -0.3 is 19.5 Å². The molecule has 3 aromatic carbocycles. The van der Waals surface area contributed by atoms with Crippen LogP contribution in [0.1, 0.15) is 24.8 Å². The first kappa shape index (κ1) is 28.7. The smallest absolute Gasteiger partial charge is 0.410 e. The zero-order valence-corrected chi connectivity index (χ0v) is 24.8. The number of halogens is 3. The molecule has 0 saturated carbocycles. The van der Waals surface area contributed by atoms with Gasteiger partial charge in [-0.2, -0.15) is 9.97 Å². The average Bonchev–Trinajstić information content (AvgIpc) is 3.71. The number of rotatable bonds is 5. The zero-order chi connectivity index (χ0) is 31.7. The fourth-order valence-electron chi connectivity index (χ4n) is 7.75. The number of nitrogens with zero attached hydrogens (tertiary/aromatic N) is 5. The summed E-state index contributed by atoms with van der Waals surface area (Å²) in [6, 6.07) is 8.46. The molecule has 4 saturated heterocycles. The number of phenols is 1. The molecule has 4 aromatic rings. The van der Waals surface area contributed by atoms with Crippen LogP contribution in [0.5, 0.6) is 11.8 Å². The highest BCUT2D eigenvalue weighted by atomic mass is 19.1. The van der Waals surface area contributed by atoms with Gasteiger partial charge in [0.2, 0.25) is 0 Å². The number of aromatic hydroxyl groups is 1. The van der Waals surface area contributed by atoms with Crippen molar-refractivity contribution in [3.8, 4) is 35.2 Å². The van der Waals surface area contributed by atoms with Crippen LogP contribution in [0.3, 0.4) is 0 Å². The number of piperazine rings is 1. The lowest BCUT2D eigenvalue weighted by Crippen LogP contribution is -2.52. The van der Waals surface area contributed by atoms with Crippen molar-refractivity contribution >= 4 is 33.6 Å². The number of ether oxygens (including phenoxy) is 2. The summed E-state index contributed by atoms with van der Waals surface area (Å²) in [5.74, 6) is 1.29. The topological polar surface area (TPSA) is 91.3 Å². The molecule has 1 amide bonds. The van der Waals surface area contributed by atoms with Gasteiger partial charge in [0.25, 0.3) is 0 Å². The molecule has 46 heavy (non-hydrogen) atoms. The number of benzene rings is 3. The van der Waals surface area contributed by atoms with E-state index in [1.54, 1.807) is 11.0 Å². The van der Waals surface area contributed by atoms with Crippen LogP contribution in [0, 0.1) is 24.0 Å². The molecule has 1 aromatic heterocycles. The predicted molar refractivity (Wildman–Crippen MR) is 165 cm³/mol. The van der Waals surface area contributed by atoms with Crippen LogP contribution < -0.4 is 9.64 Å². The molecule has 1 N–H and O–H groups in total. The number of cyclic esters (lactones) is 1. The SMILES string of the molecule is C#Cc1c(F)ccc2cc(O)cc(-c3ccc4c(N5CCN6C(=O)OCC6C5)nc(OCC56CCCN5CC(F)C6)nc4c3F)c12. The van der Waals surface area contributed by atoms with Crippen molar-refractivity contribution in [3.05, 3.63) is 53.6 Å². The molecular formula is C34H30F3N5O4. The van der Waals surface area contributed by atoms with Crippen molar-refractivity contribution in [2.75, 3.05) is 50.8 Å². The molecule has 8 rings (SSSR count). The Morgan fingerprint density at radius 2 is 1.98 bits per heavy atom. The number of phenolic OH excluding ortho intramolecular Hbond substituents is 1. The predicted octanol–water partition coefficient (Wildman–Crippen LogP) is 5.01. The highest BCUT2D eigenvalue weighted by molar-refractivity contribution is 6.04. The maximum atomic E-state index is 16.8. The van der Waals surface area contributed by atoms with Gasteiger partial charge in [0.15, 0.2) is 5.82 Å². The lowest BCUT2D eigenvalue weighted by molar-refractivity contribution is 0.107. The number of anilines is 1. The third-order valence-corrected chi connectivity index (χ3v) is 9.90. The van der Waals surface area contributed by atoms with E-state index in [0.717, 1.165) is 19.4 Å². The molecule has 0 aliphatic carbocycles. The Bertz CT molecular complexity index is 1970. The molecule has 0 bridgehead atoms. The lowest BCUT2D eigenvalue weighted by Gasteiger charge is -2.36. The Hall–Kier alpha value is -4.76. The van der Waals surface area contributed by atoms with Crippen molar-refractivity contribution < 1.29 is 32.5 Å². The van der Waals surface area contributed by atoms with Crippen molar-refractivity contribution in [1.82, 2.24) is 19.8 Å². The van der Waals surface area contributed by atoms with Gasteiger partial charge in [0.1, 0.15) is 42.3 Å². The molecule has 3 atom stereocenters. The first-order valence-corrected chi connectivity index (χ1v) is 15.4. The first-order valence-electron chi connectivity index (χ1n) is 15.4. The average molecular weight is 630 g/mol. The summed E-state index contributed by atoms with van der Waals surface area (Å²) in [5.41, 5.74) is -0.290. The number of terminal acetylenes is 1. The second kappa shape index (κ2) is 10.7. The van der Waals surface area contributed by atoms with E-state index >= 15 is 4.39 Å². The standard InChI is InChI=1S/C34H30F3N5O4/c1-2-23-27(36)7-4-19-12-22(43)13-26(28(19)23)24-5-6-25-30(29(24)37)38-32(46-18-34-8-3-9-41(34)15-20(35)14-34)39-31(25)40-10-11-42-21(16-40)17-45-33(42)44/h1,4-7,12-13,20-21,43H,3,8-11,14-18H2. The highest BCUT2D eigenvalue weighted by Gasteiger charge is 2.49. The van der Waals surface area contributed by atoms with Crippen molar-refractivity contribution in [2.45, 2.75) is 37.0 Å². The molecule has 4 aliphatic rings. The van der Waals surface area contributed by atoms with Crippen LogP contribution in [0.4, 0.5) is 23.8 Å². The van der Waals surface area contributed by atoms with E-state index in [4.69, 9.17) is 20.9 Å². The van der Waals surface area contributed by atoms with E-state index in [1.165, 1.54) is 30.3 Å². The van der Waals surface area contributed by atoms with Gasteiger partial charge >= 0.3 is 12.1 Å². The molecule has 12 heteroatoms. The van der Waals surface area contributed by atoms with E-state index < -0.39 is 23.3 Å². The molecule has 4 fully saturated rings. The Labute approximate surface area is 262 Å². The quantitative estimate of drug-likeness (QED) is 0.308. The molecule has 9 nitrogen and oxygen atoms in total. The Morgan fingerprint density at radius 3 is 2.83 bits per heavy atom. The van der Waals surface area contributed by atoms with E-state index in [0.29, 0.717) is 49.2 Å². The number of alkyl halides is 1. The van der Waals surface area contributed by atoms with Crippen LogP contribution in [-0.2, 0) is 4.74 Å². The largest absolute Gasteiger partial charge is 0.508 e. The minimum Gasteiger partial charge on any atom is -0.508 e. The molecule has 0 spiro atoms. The summed E-state index contributed by atoms with van der Waals surface area (Å²) >= 11 is 0. The van der Waals surface area contributed by atoms with E-state index in [1.807, 2.05) is 4.90 Å². The fourth-order valence-corrected chi connectivity index (χ4v) is 7.75. The molecule has 236 valence electrons. The van der Waals surface area contributed by atoms with E-state index in [2.05, 4.69) is 15.8 Å². The van der Waals surface area contributed by atoms with Crippen molar-refractivity contribution in [1.29, 1.82) is 0 Å². The lowest BCUT2D eigenvalue weighted by atomic mass is 9.93. The number of amides is 1. The van der Waals surface area contributed by atoms with Crippen LogP contribution in [0.2, 0.25) is 0 Å². The fraction of sp³-hybridized carbons (Fsp3) is 0.382. The van der Waals surface area contributed by atoms with E-state index in [-0.39, 0.29) is 64.7 Å². The Balaban J connectivity index is 1.26. The number of aromatic nitrogens is 2. The second-order valence-electron chi connectivity index (χ2n) is 12.5. The third kappa shape index (κ3) is 4.47. The number of hydrogen-bond acceptors (Lipinski definition) is 8. The van der Waals surface area contributed by atoms with Crippen LogP contribution in [-0.4, -0.2) is 94.7 Å². The van der Waals surface area contributed by atoms with Crippen molar-refractivity contribution in [3.63, 3.8) is 0 Å². The normalized spacial score (nSPS) is 24.3. The van der Waals surface area contributed by atoms with Gasteiger partial charge in [-0.15, -0.1) is 6.42 Å². The molecule has 5 heterocycles. The first-order chi connectivity index (χ1) is 22.2. The van der Waals surface area contributed by atoms with Gasteiger partial charge in [-0.05, 0) is 54.6 Å². The van der Waals surface area contributed by atoms with Gasteiger partial charge in [0.05, 0.1) is 17.1 Å². The number of carbonyl (C=O) groups excluding carboxylic acids is 1. The Morgan fingerprint density at radius 1 is 1.11 bits per heavy atom.